The third kappa shape index (κ3) is 3.95. The van der Waals surface area contributed by atoms with Crippen LogP contribution < -0.4 is 5.43 Å². The van der Waals surface area contributed by atoms with E-state index in [-0.39, 0.29) is 5.91 Å². The molecule has 0 aliphatic rings. The van der Waals surface area contributed by atoms with E-state index in [2.05, 4.69) is 20.2 Å². The van der Waals surface area contributed by atoms with Gasteiger partial charge in [0.2, 0.25) is 0 Å². The third-order valence-corrected chi connectivity index (χ3v) is 4.45. The molecule has 4 rings (SSSR count). The molecule has 30 heavy (non-hydrogen) atoms. The second-order valence-corrected chi connectivity index (χ2v) is 6.36. The first kappa shape index (κ1) is 19.1. The number of fused-ring (bicyclic) bond motifs is 1. The minimum Gasteiger partial charge on any atom is -0.465 e. The standard InChI is InChI=1S/C23H17N3O4/c1-29-23(28)16-10-8-15(9-11-16)14-24-26-22(27)18-13-20(21-7-4-12-30-21)25-19-6-3-2-5-17(18)19/h2-14H,1H3,(H,26,27)/b24-14-. The molecule has 0 spiro atoms. The van der Waals surface area contributed by atoms with Crippen molar-refractivity contribution in [2.75, 3.05) is 7.11 Å². The maximum Gasteiger partial charge on any atom is 0.337 e. The number of benzene rings is 2. The molecule has 0 bridgehead atoms. The molecular weight excluding hydrogens is 382 g/mol. The van der Waals surface area contributed by atoms with Gasteiger partial charge in [0.15, 0.2) is 5.76 Å². The van der Waals surface area contributed by atoms with Gasteiger partial charge >= 0.3 is 5.97 Å². The van der Waals surface area contributed by atoms with Crippen LogP contribution in [0.4, 0.5) is 0 Å². The summed E-state index contributed by atoms with van der Waals surface area (Å²) in [5.74, 6) is -0.212. The van der Waals surface area contributed by atoms with Crippen molar-refractivity contribution in [3.05, 3.63) is 89.7 Å². The Kier molecular flexibility index (Phi) is 5.34. The van der Waals surface area contributed by atoms with E-state index in [1.54, 1.807) is 48.7 Å². The fraction of sp³-hybridized carbons (Fsp3) is 0.0435. The molecule has 0 aliphatic heterocycles. The largest absolute Gasteiger partial charge is 0.465 e. The van der Waals surface area contributed by atoms with Crippen LogP contribution in [0, 0.1) is 0 Å². The van der Waals surface area contributed by atoms with Crippen molar-refractivity contribution in [2.45, 2.75) is 0 Å². The summed E-state index contributed by atoms with van der Waals surface area (Å²) in [6.07, 6.45) is 3.05. The Hall–Kier alpha value is -4.26. The highest BCUT2D eigenvalue weighted by atomic mass is 16.5. The fourth-order valence-electron chi connectivity index (χ4n) is 2.96. The number of furan rings is 1. The Morgan fingerprint density at radius 2 is 1.87 bits per heavy atom. The average Bonchev–Trinajstić information content (AvgIpc) is 3.33. The number of hydrazone groups is 1. The molecule has 0 saturated heterocycles. The molecular formula is C23H17N3O4. The van der Waals surface area contributed by atoms with Gasteiger partial charge in [-0.3, -0.25) is 4.79 Å². The van der Waals surface area contributed by atoms with Crippen molar-refractivity contribution in [1.29, 1.82) is 0 Å². The van der Waals surface area contributed by atoms with E-state index in [4.69, 9.17) is 4.42 Å². The fourth-order valence-corrected chi connectivity index (χ4v) is 2.96. The number of hydrogen-bond acceptors (Lipinski definition) is 6. The van der Waals surface area contributed by atoms with Crippen molar-refractivity contribution in [1.82, 2.24) is 10.4 Å². The van der Waals surface area contributed by atoms with Gasteiger partial charge in [-0.2, -0.15) is 5.10 Å². The number of rotatable bonds is 5. The maximum absolute atomic E-state index is 12.8. The third-order valence-electron chi connectivity index (χ3n) is 4.45. The van der Waals surface area contributed by atoms with Crippen molar-refractivity contribution in [3.8, 4) is 11.5 Å². The normalized spacial score (nSPS) is 11.0. The van der Waals surface area contributed by atoms with Crippen LogP contribution in [-0.4, -0.2) is 30.2 Å². The minimum absolute atomic E-state index is 0.371. The first-order valence-electron chi connectivity index (χ1n) is 9.11. The average molecular weight is 399 g/mol. The lowest BCUT2D eigenvalue weighted by molar-refractivity contribution is 0.0600. The van der Waals surface area contributed by atoms with Gasteiger partial charge in [-0.25, -0.2) is 15.2 Å². The first-order valence-corrected chi connectivity index (χ1v) is 9.11. The van der Waals surface area contributed by atoms with Crippen LogP contribution in [0.1, 0.15) is 26.3 Å². The Bertz CT molecular complexity index is 1230. The molecule has 0 saturated carbocycles. The summed E-state index contributed by atoms with van der Waals surface area (Å²) in [6.45, 7) is 0. The van der Waals surface area contributed by atoms with Crippen LogP contribution in [-0.2, 0) is 4.74 Å². The molecule has 0 fully saturated rings. The molecule has 4 aromatic rings. The van der Waals surface area contributed by atoms with E-state index < -0.39 is 5.97 Å². The van der Waals surface area contributed by atoms with Crippen molar-refractivity contribution in [2.24, 2.45) is 5.10 Å². The van der Waals surface area contributed by atoms with Gasteiger partial charge in [0.25, 0.3) is 5.91 Å². The van der Waals surface area contributed by atoms with Crippen molar-refractivity contribution in [3.63, 3.8) is 0 Å². The van der Waals surface area contributed by atoms with Crippen molar-refractivity contribution < 1.29 is 18.7 Å². The molecule has 2 heterocycles. The van der Waals surface area contributed by atoms with Gasteiger partial charge in [0.1, 0.15) is 5.69 Å². The van der Waals surface area contributed by atoms with Crippen LogP contribution >= 0.6 is 0 Å². The van der Waals surface area contributed by atoms with Crippen LogP contribution in [0.25, 0.3) is 22.4 Å². The number of esters is 1. The zero-order chi connectivity index (χ0) is 20.9. The number of carbonyl (C=O) groups excluding carboxylic acids is 2. The summed E-state index contributed by atoms with van der Waals surface area (Å²) < 4.78 is 10.1. The Morgan fingerprint density at radius 1 is 1.07 bits per heavy atom. The number of nitrogens with zero attached hydrogens (tertiary/aromatic N) is 2. The Balaban J connectivity index is 1.57. The number of carbonyl (C=O) groups is 2. The van der Waals surface area contributed by atoms with Crippen LogP contribution in [0.3, 0.4) is 0 Å². The lowest BCUT2D eigenvalue weighted by atomic mass is 10.1. The smallest absolute Gasteiger partial charge is 0.337 e. The molecule has 1 amide bonds. The summed E-state index contributed by atoms with van der Waals surface area (Å²) in [5.41, 5.74) is 5.38. The molecule has 0 aliphatic carbocycles. The highest BCUT2D eigenvalue weighted by Crippen LogP contribution is 2.25. The maximum atomic E-state index is 12.8. The van der Waals surface area contributed by atoms with E-state index in [0.29, 0.717) is 33.5 Å². The number of methoxy groups -OCH3 is 1. The minimum atomic E-state index is -0.413. The van der Waals surface area contributed by atoms with E-state index in [1.807, 2.05) is 24.3 Å². The Morgan fingerprint density at radius 3 is 2.60 bits per heavy atom. The highest BCUT2D eigenvalue weighted by Gasteiger charge is 2.14. The number of hydrogen-bond donors (Lipinski definition) is 1. The van der Waals surface area contributed by atoms with Gasteiger partial charge in [-0.15, -0.1) is 0 Å². The molecule has 0 radical (unpaired) electrons. The summed E-state index contributed by atoms with van der Waals surface area (Å²) in [4.78, 5) is 28.9. The first-order chi connectivity index (χ1) is 14.7. The zero-order valence-electron chi connectivity index (χ0n) is 16.0. The SMILES string of the molecule is COC(=O)c1ccc(/C=N\NC(=O)c2cc(-c3ccco3)nc3ccccc23)cc1. The zero-order valence-corrected chi connectivity index (χ0v) is 16.0. The van der Waals surface area contributed by atoms with Crippen LogP contribution in [0.2, 0.25) is 0 Å². The van der Waals surface area contributed by atoms with Gasteiger partial charge < -0.3 is 9.15 Å². The topological polar surface area (TPSA) is 93.8 Å². The van der Waals surface area contributed by atoms with E-state index in [9.17, 15) is 9.59 Å². The highest BCUT2D eigenvalue weighted by molar-refractivity contribution is 6.07. The molecule has 2 aromatic carbocycles. The van der Waals surface area contributed by atoms with Gasteiger partial charge in [-0.1, -0.05) is 30.3 Å². The molecule has 1 N–H and O–H groups in total. The lowest BCUT2D eigenvalue weighted by Gasteiger charge is -2.07. The van der Waals surface area contributed by atoms with Gasteiger partial charge in [-0.05, 0) is 42.0 Å². The van der Waals surface area contributed by atoms with E-state index in [0.717, 1.165) is 5.56 Å². The quantitative estimate of drug-likeness (QED) is 0.310. The second kappa shape index (κ2) is 8.40. The molecule has 7 nitrogen and oxygen atoms in total. The lowest BCUT2D eigenvalue weighted by Crippen LogP contribution is -2.18. The summed E-state index contributed by atoms with van der Waals surface area (Å²) >= 11 is 0. The Labute approximate surface area is 172 Å². The number of ether oxygens (including phenoxy) is 1. The van der Waals surface area contributed by atoms with Crippen LogP contribution in [0.15, 0.2) is 82.5 Å². The molecule has 7 heteroatoms. The second-order valence-electron chi connectivity index (χ2n) is 6.36. The van der Waals surface area contributed by atoms with Gasteiger partial charge in [0.05, 0.1) is 36.2 Å². The van der Waals surface area contributed by atoms with Crippen molar-refractivity contribution >= 4 is 29.0 Å². The van der Waals surface area contributed by atoms with E-state index >= 15 is 0 Å². The van der Waals surface area contributed by atoms with Crippen LogP contribution in [0.5, 0.6) is 0 Å². The molecule has 2 aromatic heterocycles. The summed E-state index contributed by atoms with van der Waals surface area (Å²) in [6, 6.07) is 19.3. The summed E-state index contributed by atoms with van der Waals surface area (Å²) in [5, 5.41) is 4.74. The number of nitrogens with one attached hydrogen (secondary N) is 1. The predicted octanol–water partition coefficient (Wildman–Crippen LogP) is 4.05. The number of para-hydroxylation sites is 1. The molecule has 0 unspecified atom stereocenters. The van der Waals surface area contributed by atoms with E-state index in [1.165, 1.54) is 13.3 Å². The van der Waals surface area contributed by atoms with Gasteiger partial charge in [0, 0.05) is 5.39 Å². The predicted molar refractivity (Wildman–Crippen MR) is 112 cm³/mol. The number of amides is 1. The molecule has 0 atom stereocenters. The molecule has 148 valence electrons. The number of pyridine rings is 1. The number of aromatic nitrogens is 1. The monoisotopic (exact) mass is 399 g/mol. The summed E-state index contributed by atoms with van der Waals surface area (Å²) in [7, 11) is 1.33.